The van der Waals surface area contributed by atoms with Crippen molar-refractivity contribution >= 4 is 17.3 Å². The third kappa shape index (κ3) is 7.27. The Balaban J connectivity index is 1.67. The van der Waals surface area contributed by atoms with Crippen LogP contribution in [0.25, 0.3) is 0 Å². The fourth-order valence-electron chi connectivity index (χ4n) is 2.10. The molecule has 0 aliphatic rings. The highest BCUT2D eigenvalue weighted by Crippen LogP contribution is 2.18. The number of furan rings is 1. The van der Waals surface area contributed by atoms with Gasteiger partial charge in [-0.2, -0.15) is 0 Å². The van der Waals surface area contributed by atoms with Gasteiger partial charge in [0.05, 0.1) is 18.5 Å². The topological polar surface area (TPSA) is 71.7 Å². The smallest absolute Gasteiger partial charge is 0.191 e. The predicted octanol–water partition coefficient (Wildman–Crippen LogP) is 3.52. The number of thiazole rings is 1. The molecule has 0 aliphatic heterocycles. The van der Waals surface area contributed by atoms with E-state index in [0.29, 0.717) is 25.7 Å². The lowest BCUT2D eigenvalue weighted by molar-refractivity contribution is 0.105. The fourth-order valence-corrected chi connectivity index (χ4v) is 2.98. The maximum Gasteiger partial charge on any atom is 0.191 e. The Kier molecular flexibility index (Phi) is 8.48. The van der Waals surface area contributed by atoms with Gasteiger partial charge in [-0.15, -0.1) is 11.3 Å². The van der Waals surface area contributed by atoms with Gasteiger partial charge in [0.1, 0.15) is 17.4 Å². The number of rotatable bonds is 10. The van der Waals surface area contributed by atoms with Crippen LogP contribution in [0.15, 0.2) is 33.2 Å². The first-order valence-electron chi connectivity index (χ1n) is 8.75. The van der Waals surface area contributed by atoms with Crippen LogP contribution in [-0.2, 0) is 17.9 Å². The van der Waals surface area contributed by atoms with Crippen LogP contribution < -0.4 is 10.6 Å². The van der Waals surface area contributed by atoms with Crippen LogP contribution in [0.5, 0.6) is 0 Å². The lowest BCUT2D eigenvalue weighted by Gasteiger charge is -2.11. The van der Waals surface area contributed by atoms with Gasteiger partial charge in [0, 0.05) is 25.1 Å². The summed E-state index contributed by atoms with van der Waals surface area (Å²) in [5.74, 6) is 2.13. The molecule has 0 aromatic carbocycles. The zero-order valence-electron chi connectivity index (χ0n) is 15.2. The van der Waals surface area contributed by atoms with Gasteiger partial charge in [0.25, 0.3) is 0 Å². The third-order valence-corrected chi connectivity index (χ3v) is 4.31. The second-order valence-corrected chi connectivity index (χ2v) is 6.87. The summed E-state index contributed by atoms with van der Waals surface area (Å²) in [7, 11) is 0. The Hall–Kier alpha value is -1.86. The van der Waals surface area contributed by atoms with Crippen LogP contribution in [0.2, 0.25) is 0 Å². The molecule has 0 fully saturated rings. The van der Waals surface area contributed by atoms with Crippen molar-refractivity contribution in [2.24, 2.45) is 4.99 Å². The van der Waals surface area contributed by atoms with E-state index in [4.69, 9.17) is 9.15 Å². The number of guanidine groups is 1. The van der Waals surface area contributed by atoms with Crippen LogP contribution in [-0.4, -0.2) is 30.6 Å². The molecule has 2 aromatic rings. The normalized spacial score (nSPS) is 11.9. The number of hydrogen-bond donors (Lipinski definition) is 2. The quantitative estimate of drug-likeness (QED) is 0.383. The lowest BCUT2D eigenvalue weighted by atomic mass is 10.2. The van der Waals surface area contributed by atoms with Crippen LogP contribution >= 0.6 is 11.3 Å². The van der Waals surface area contributed by atoms with Gasteiger partial charge in [-0.05, 0) is 31.4 Å². The standard InChI is InChI=1S/C18H28N4O2S/c1-4-19-18(21-11-17-22-16(13-25-17)14(2)3)20-8-6-9-23-12-15-7-5-10-24-15/h5,7,10,13-14H,4,6,8-9,11-12H2,1-3H3,(H2,19,20,21). The van der Waals surface area contributed by atoms with Gasteiger partial charge < -0.3 is 19.8 Å². The van der Waals surface area contributed by atoms with Crippen LogP contribution in [0, 0.1) is 0 Å². The molecule has 2 heterocycles. The molecule has 0 saturated carbocycles. The maximum absolute atomic E-state index is 5.57. The van der Waals surface area contributed by atoms with Crippen molar-refractivity contribution in [1.29, 1.82) is 0 Å². The van der Waals surface area contributed by atoms with Crippen molar-refractivity contribution in [1.82, 2.24) is 15.6 Å². The molecule has 2 N–H and O–H groups in total. The van der Waals surface area contributed by atoms with E-state index in [1.807, 2.05) is 12.1 Å². The number of nitrogens with zero attached hydrogens (tertiary/aromatic N) is 2. The molecule has 0 aliphatic carbocycles. The molecule has 0 bridgehead atoms. The monoisotopic (exact) mass is 364 g/mol. The summed E-state index contributed by atoms with van der Waals surface area (Å²) in [5, 5.41) is 9.74. The number of aliphatic imine (C=N–C) groups is 1. The Morgan fingerprint density at radius 2 is 2.28 bits per heavy atom. The van der Waals surface area contributed by atoms with Gasteiger partial charge in [-0.25, -0.2) is 9.98 Å². The number of nitrogens with one attached hydrogen (secondary N) is 2. The maximum atomic E-state index is 5.57. The molecule has 6 nitrogen and oxygen atoms in total. The van der Waals surface area contributed by atoms with Gasteiger partial charge in [0.15, 0.2) is 5.96 Å². The van der Waals surface area contributed by atoms with Crippen molar-refractivity contribution in [3.05, 3.63) is 40.2 Å². The molecule has 138 valence electrons. The van der Waals surface area contributed by atoms with Crippen molar-refractivity contribution in [2.75, 3.05) is 19.7 Å². The minimum Gasteiger partial charge on any atom is -0.467 e. The summed E-state index contributed by atoms with van der Waals surface area (Å²) in [4.78, 5) is 9.22. The van der Waals surface area contributed by atoms with Crippen LogP contribution in [0.1, 0.15) is 49.6 Å². The van der Waals surface area contributed by atoms with E-state index in [-0.39, 0.29) is 0 Å². The molecule has 2 aromatic heterocycles. The zero-order chi connectivity index (χ0) is 17.9. The molecule has 0 unspecified atom stereocenters. The summed E-state index contributed by atoms with van der Waals surface area (Å²) >= 11 is 1.67. The van der Waals surface area contributed by atoms with Crippen LogP contribution in [0.4, 0.5) is 0 Å². The molecule has 0 atom stereocenters. The third-order valence-electron chi connectivity index (χ3n) is 3.46. The first-order valence-corrected chi connectivity index (χ1v) is 9.63. The Morgan fingerprint density at radius 3 is 2.96 bits per heavy atom. The molecule has 0 saturated heterocycles. The van der Waals surface area contributed by atoms with E-state index in [9.17, 15) is 0 Å². The molecule has 0 amide bonds. The molecular weight excluding hydrogens is 336 g/mol. The average Bonchev–Trinajstić information content (AvgIpc) is 3.27. The van der Waals surface area contributed by atoms with Crippen LogP contribution in [0.3, 0.4) is 0 Å². The van der Waals surface area contributed by atoms with E-state index >= 15 is 0 Å². The predicted molar refractivity (Wildman–Crippen MR) is 102 cm³/mol. The summed E-state index contributed by atoms with van der Waals surface area (Å²) in [6.45, 7) is 9.80. The summed E-state index contributed by atoms with van der Waals surface area (Å²) in [6, 6.07) is 3.78. The minimum atomic E-state index is 0.460. The SMILES string of the molecule is CCNC(=NCc1nc(C(C)C)cs1)NCCCOCc1ccco1. The molecule has 7 heteroatoms. The summed E-state index contributed by atoms with van der Waals surface area (Å²) in [6.07, 6.45) is 2.56. The zero-order valence-corrected chi connectivity index (χ0v) is 16.1. The van der Waals surface area contributed by atoms with E-state index < -0.39 is 0 Å². The van der Waals surface area contributed by atoms with Gasteiger partial charge in [-0.3, -0.25) is 0 Å². The lowest BCUT2D eigenvalue weighted by Crippen LogP contribution is -2.38. The molecular formula is C18H28N4O2S. The van der Waals surface area contributed by atoms with E-state index in [1.165, 1.54) is 0 Å². The highest BCUT2D eigenvalue weighted by Gasteiger charge is 2.05. The molecule has 0 radical (unpaired) electrons. The second kappa shape index (κ2) is 10.9. The van der Waals surface area contributed by atoms with Gasteiger partial charge in [-0.1, -0.05) is 13.8 Å². The number of ether oxygens (including phenoxy) is 1. The molecule has 2 rings (SSSR count). The minimum absolute atomic E-state index is 0.460. The average molecular weight is 365 g/mol. The van der Waals surface area contributed by atoms with Gasteiger partial charge in [0.2, 0.25) is 0 Å². The Labute approximate surface area is 153 Å². The Morgan fingerprint density at radius 1 is 1.40 bits per heavy atom. The summed E-state index contributed by atoms with van der Waals surface area (Å²) in [5.41, 5.74) is 1.14. The van der Waals surface area contributed by atoms with Gasteiger partial charge >= 0.3 is 0 Å². The number of aromatic nitrogens is 1. The van der Waals surface area contributed by atoms with E-state index in [0.717, 1.165) is 41.9 Å². The first kappa shape index (κ1) is 19.5. The molecule has 25 heavy (non-hydrogen) atoms. The Bertz CT molecular complexity index is 623. The fraction of sp³-hybridized carbons (Fsp3) is 0.556. The second-order valence-electron chi connectivity index (χ2n) is 5.93. The highest BCUT2D eigenvalue weighted by atomic mass is 32.1. The van der Waals surface area contributed by atoms with E-state index in [2.05, 4.69) is 46.8 Å². The summed E-state index contributed by atoms with van der Waals surface area (Å²) < 4.78 is 10.8. The van der Waals surface area contributed by atoms with Crippen molar-refractivity contribution in [3.63, 3.8) is 0 Å². The first-order chi connectivity index (χ1) is 12.2. The van der Waals surface area contributed by atoms with E-state index in [1.54, 1.807) is 17.6 Å². The van der Waals surface area contributed by atoms with Crippen molar-refractivity contribution < 1.29 is 9.15 Å². The highest BCUT2D eigenvalue weighted by molar-refractivity contribution is 7.09. The van der Waals surface area contributed by atoms with Crippen molar-refractivity contribution in [3.8, 4) is 0 Å². The number of hydrogen-bond acceptors (Lipinski definition) is 5. The molecule has 0 spiro atoms. The largest absolute Gasteiger partial charge is 0.467 e. The van der Waals surface area contributed by atoms with Crippen molar-refractivity contribution in [2.45, 2.75) is 46.3 Å².